The van der Waals surface area contributed by atoms with Crippen molar-refractivity contribution in [2.75, 3.05) is 19.7 Å². The van der Waals surface area contributed by atoms with Gasteiger partial charge >= 0.3 is 0 Å². The predicted molar refractivity (Wildman–Crippen MR) is 69.2 cm³/mol. The number of halogens is 1. The van der Waals surface area contributed by atoms with Gasteiger partial charge in [-0.05, 0) is 26.2 Å². The van der Waals surface area contributed by atoms with Gasteiger partial charge in [-0.3, -0.25) is 4.79 Å². The minimum absolute atomic E-state index is 0. The van der Waals surface area contributed by atoms with Crippen molar-refractivity contribution in [2.45, 2.75) is 44.8 Å². The summed E-state index contributed by atoms with van der Waals surface area (Å²) in [4.78, 5) is 14.3. The molecule has 2 rings (SSSR count). The Morgan fingerprint density at radius 2 is 2.12 bits per heavy atom. The maximum absolute atomic E-state index is 12.3. The van der Waals surface area contributed by atoms with Crippen molar-refractivity contribution in [2.24, 2.45) is 11.7 Å². The molecule has 2 N–H and O–H groups in total. The summed E-state index contributed by atoms with van der Waals surface area (Å²) in [7, 11) is 0. The Hall–Kier alpha value is -0.320. The number of hydrogen-bond acceptors (Lipinski definition) is 3. The van der Waals surface area contributed by atoms with Crippen LogP contribution in [0.15, 0.2) is 0 Å². The molecule has 1 aliphatic heterocycles. The van der Waals surface area contributed by atoms with Gasteiger partial charge in [0.2, 0.25) is 5.91 Å². The SMILES string of the molecule is CC1CN(C(=O)C2CCCC2N)CCCO1.Cl. The van der Waals surface area contributed by atoms with Crippen LogP contribution in [0.2, 0.25) is 0 Å². The lowest BCUT2D eigenvalue weighted by Gasteiger charge is -2.26. The molecule has 0 spiro atoms. The standard InChI is InChI=1S/C12H22N2O2.ClH/c1-9-8-14(6-3-7-16-9)12(15)10-4-2-5-11(10)13;/h9-11H,2-8,13H2,1H3;1H. The van der Waals surface area contributed by atoms with Crippen molar-refractivity contribution in [1.82, 2.24) is 4.90 Å². The molecule has 1 heterocycles. The van der Waals surface area contributed by atoms with Crippen LogP contribution in [-0.4, -0.2) is 42.6 Å². The summed E-state index contributed by atoms with van der Waals surface area (Å²) in [5.74, 6) is 0.313. The lowest BCUT2D eigenvalue weighted by Crippen LogP contribution is -2.44. The highest BCUT2D eigenvalue weighted by Gasteiger charge is 2.34. The van der Waals surface area contributed by atoms with Gasteiger partial charge in [0.15, 0.2) is 0 Å². The quantitative estimate of drug-likeness (QED) is 0.772. The van der Waals surface area contributed by atoms with Crippen molar-refractivity contribution in [3.63, 3.8) is 0 Å². The number of rotatable bonds is 1. The summed E-state index contributed by atoms with van der Waals surface area (Å²) < 4.78 is 5.55. The zero-order valence-corrected chi connectivity index (χ0v) is 11.2. The van der Waals surface area contributed by atoms with Gasteiger partial charge in [-0.15, -0.1) is 12.4 Å². The molecular weight excluding hydrogens is 240 g/mol. The van der Waals surface area contributed by atoms with E-state index in [1.165, 1.54) is 0 Å². The summed E-state index contributed by atoms with van der Waals surface area (Å²) >= 11 is 0. The first-order chi connectivity index (χ1) is 7.68. The highest BCUT2D eigenvalue weighted by atomic mass is 35.5. The van der Waals surface area contributed by atoms with Crippen molar-refractivity contribution in [3.8, 4) is 0 Å². The summed E-state index contributed by atoms with van der Waals surface area (Å²) in [6.07, 6.45) is 4.15. The van der Waals surface area contributed by atoms with Gasteiger partial charge in [0.1, 0.15) is 0 Å². The fourth-order valence-corrected chi connectivity index (χ4v) is 2.72. The first-order valence-corrected chi connectivity index (χ1v) is 6.34. The van der Waals surface area contributed by atoms with E-state index in [2.05, 4.69) is 0 Å². The number of carbonyl (C=O) groups is 1. The highest BCUT2D eigenvalue weighted by Crippen LogP contribution is 2.26. The van der Waals surface area contributed by atoms with Crippen molar-refractivity contribution < 1.29 is 9.53 Å². The van der Waals surface area contributed by atoms with Crippen LogP contribution in [0.5, 0.6) is 0 Å². The fraction of sp³-hybridized carbons (Fsp3) is 0.917. The average molecular weight is 263 g/mol. The zero-order valence-electron chi connectivity index (χ0n) is 10.4. The Kier molecular flexibility index (Phi) is 5.70. The van der Waals surface area contributed by atoms with E-state index in [1.54, 1.807) is 0 Å². The largest absolute Gasteiger partial charge is 0.377 e. The van der Waals surface area contributed by atoms with Crippen LogP contribution < -0.4 is 5.73 Å². The molecule has 4 nitrogen and oxygen atoms in total. The van der Waals surface area contributed by atoms with Crippen molar-refractivity contribution >= 4 is 18.3 Å². The molecule has 0 aromatic carbocycles. The average Bonchev–Trinajstić information content (AvgIpc) is 2.55. The van der Waals surface area contributed by atoms with Crippen LogP contribution >= 0.6 is 12.4 Å². The molecule has 100 valence electrons. The molecule has 1 amide bonds. The van der Waals surface area contributed by atoms with Gasteiger partial charge in [-0.1, -0.05) is 6.42 Å². The first-order valence-electron chi connectivity index (χ1n) is 6.34. The maximum Gasteiger partial charge on any atom is 0.227 e. The van der Waals surface area contributed by atoms with Gasteiger partial charge in [0, 0.05) is 25.7 Å². The third kappa shape index (κ3) is 3.57. The second-order valence-corrected chi connectivity index (χ2v) is 5.02. The van der Waals surface area contributed by atoms with Gasteiger partial charge < -0.3 is 15.4 Å². The van der Waals surface area contributed by atoms with E-state index in [9.17, 15) is 4.79 Å². The Labute approximate surface area is 109 Å². The van der Waals surface area contributed by atoms with Gasteiger partial charge in [0.25, 0.3) is 0 Å². The summed E-state index contributed by atoms with van der Waals surface area (Å²) in [6.45, 7) is 4.34. The molecule has 0 aromatic rings. The predicted octanol–water partition coefficient (Wildman–Crippen LogP) is 1.17. The van der Waals surface area contributed by atoms with Crippen molar-refractivity contribution in [1.29, 1.82) is 0 Å². The molecule has 1 saturated heterocycles. The second kappa shape index (κ2) is 6.57. The third-order valence-corrected chi connectivity index (χ3v) is 3.65. The van der Waals surface area contributed by atoms with E-state index in [-0.39, 0.29) is 36.4 Å². The van der Waals surface area contributed by atoms with E-state index in [4.69, 9.17) is 10.5 Å². The third-order valence-electron chi connectivity index (χ3n) is 3.65. The number of nitrogens with zero attached hydrogens (tertiary/aromatic N) is 1. The van der Waals surface area contributed by atoms with Crippen LogP contribution in [0.1, 0.15) is 32.6 Å². The fourth-order valence-electron chi connectivity index (χ4n) is 2.72. The first kappa shape index (κ1) is 14.7. The maximum atomic E-state index is 12.3. The number of ether oxygens (including phenoxy) is 1. The molecule has 0 bridgehead atoms. The molecular formula is C12H23ClN2O2. The van der Waals surface area contributed by atoms with E-state index < -0.39 is 0 Å². The smallest absolute Gasteiger partial charge is 0.227 e. The molecule has 0 aromatic heterocycles. The summed E-state index contributed by atoms with van der Waals surface area (Å²) in [6, 6.07) is 0.0759. The second-order valence-electron chi connectivity index (χ2n) is 5.02. The molecule has 3 unspecified atom stereocenters. The van der Waals surface area contributed by atoms with Crippen LogP contribution in [0.25, 0.3) is 0 Å². The van der Waals surface area contributed by atoms with E-state index in [0.29, 0.717) is 0 Å². The van der Waals surface area contributed by atoms with Gasteiger partial charge in [0.05, 0.1) is 12.0 Å². The van der Waals surface area contributed by atoms with E-state index in [0.717, 1.165) is 45.4 Å². The minimum Gasteiger partial charge on any atom is -0.377 e. The summed E-state index contributed by atoms with van der Waals surface area (Å²) in [5.41, 5.74) is 5.98. The van der Waals surface area contributed by atoms with Gasteiger partial charge in [-0.25, -0.2) is 0 Å². The summed E-state index contributed by atoms with van der Waals surface area (Å²) in [5, 5.41) is 0. The lowest BCUT2D eigenvalue weighted by molar-refractivity contribution is -0.136. The Bertz CT molecular complexity index is 263. The Morgan fingerprint density at radius 1 is 1.35 bits per heavy atom. The minimum atomic E-state index is 0. The molecule has 5 heteroatoms. The Balaban J connectivity index is 0.00000144. The van der Waals surface area contributed by atoms with Crippen molar-refractivity contribution in [3.05, 3.63) is 0 Å². The molecule has 2 fully saturated rings. The zero-order chi connectivity index (χ0) is 11.5. The number of carbonyl (C=O) groups excluding carboxylic acids is 1. The number of amides is 1. The number of hydrogen-bond donors (Lipinski definition) is 1. The molecule has 0 radical (unpaired) electrons. The van der Waals surface area contributed by atoms with Gasteiger partial charge in [-0.2, -0.15) is 0 Å². The van der Waals surface area contributed by atoms with Crippen LogP contribution in [0, 0.1) is 5.92 Å². The van der Waals surface area contributed by atoms with Crippen LogP contribution in [-0.2, 0) is 9.53 Å². The molecule has 1 aliphatic carbocycles. The Morgan fingerprint density at radius 3 is 2.76 bits per heavy atom. The number of nitrogens with two attached hydrogens (primary N) is 1. The van der Waals surface area contributed by atoms with Crippen LogP contribution in [0.3, 0.4) is 0 Å². The highest BCUT2D eigenvalue weighted by molar-refractivity contribution is 5.85. The van der Waals surface area contributed by atoms with E-state index >= 15 is 0 Å². The lowest BCUT2D eigenvalue weighted by atomic mass is 10.0. The topological polar surface area (TPSA) is 55.6 Å². The molecule has 17 heavy (non-hydrogen) atoms. The normalized spacial score (nSPS) is 34.0. The van der Waals surface area contributed by atoms with Crippen LogP contribution in [0.4, 0.5) is 0 Å². The molecule has 2 aliphatic rings. The molecule has 3 atom stereocenters. The molecule has 1 saturated carbocycles. The monoisotopic (exact) mass is 262 g/mol. The van der Waals surface area contributed by atoms with E-state index in [1.807, 2.05) is 11.8 Å².